The highest BCUT2D eigenvalue weighted by Crippen LogP contribution is 2.33. The highest BCUT2D eigenvalue weighted by Gasteiger charge is 2.24. The highest BCUT2D eigenvalue weighted by atomic mass is 19.1. The number of fused-ring (bicyclic) bond motifs is 1. The topological polar surface area (TPSA) is 59.8 Å². The van der Waals surface area contributed by atoms with Gasteiger partial charge in [-0.05, 0) is 30.9 Å². The molecule has 0 aromatic carbocycles. The Morgan fingerprint density at radius 1 is 1.26 bits per heavy atom. The molecule has 4 rings (SSSR count). The lowest BCUT2D eigenvalue weighted by Gasteiger charge is -2.04. The van der Waals surface area contributed by atoms with Gasteiger partial charge in [-0.25, -0.2) is 4.39 Å². The molecular formula is C17H15FN4O. The van der Waals surface area contributed by atoms with Crippen molar-refractivity contribution in [1.29, 1.82) is 0 Å². The maximum atomic E-state index is 13.7. The number of rotatable bonds is 4. The summed E-state index contributed by atoms with van der Waals surface area (Å²) in [6.45, 7) is 0.888. The third-order valence-electron chi connectivity index (χ3n) is 4.10. The van der Waals surface area contributed by atoms with Gasteiger partial charge in [-0.1, -0.05) is 0 Å². The number of aromatic nitrogens is 3. The Hall–Kier alpha value is -2.76. The van der Waals surface area contributed by atoms with Gasteiger partial charge >= 0.3 is 0 Å². The number of nitrogens with one attached hydrogen (secondary N) is 1. The average molecular weight is 310 g/mol. The van der Waals surface area contributed by atoms with Crippen molar-refractivity contribution in [1.82, 2.24) is 14.5 Å². The molecule has 0 spiro atoms. The second kappa shape index (κ2) is 5.46. The molecule has 0 bridgehead atoms. The van der Waals surface area contributed by atoms with Crippen LogP contribution in [0.15, 0.2) is 43.1 Å². The van der Waals surface area contributed by atoms with Gasteiger partial charge in [0.1, 0.15) is 0 Å². The van der Waals surface area contributed by atoms with E-state index in [0.29, 0.717) is 11.5 Å². The SMILES string of the molecule is O=C(Nc1ccncc1F)c1cn(CC2CC2)c2cnccc12. The molecular weight excluding hydrogens is 295 g/mol. The van der Waals surface area contributed by atoms with Crippen LogP contribution < -0.4 is 5.32 Å². The molecule has 1 saturated carbocycles. The summed E-state index contributed by atoms with van der Waals surface area (Å²) in [6.07, 6.45) is 10.2. The minimum atomic E-state index is -0.552. The Morgan fingerprint density at radius 2 is 2.04 bits per heavy atom. The molecule has 1 aliphatic rings. The van der Waals surface area contributed by atoms with Crippen LogP contribution in [0.5, 0.6) is 0 Å². The Balaban J connectivity index is 1.70. The van der Waals surface area contributed by atoms with Gasteiger partial charge in [-0.15, -0.1) is 0 Å². The summed E-state index contributed by atoms with van der Waals surface area (Å²) < 4.78 is 15.7. The summed E-state index contributed by atoms with van der Waals surface area (Å²) in [5, 5.41) is 3.44. The Kier molecular flexibility index (Phi) is 3.29. The lowest BCUT2D eigenvalue weighted by atomic mass is 10.2. The van der Waals surface area contributed by atoms with E-state index in [0.717, 1.165) is 23.6 Å². The number of hydrogen-bond acceptors (Lipinski definition) is 3. The first kappa shape index (κ1) is 13.9. The van der Waals surface area contributed by atoms with Crippen LogP contribution in [0, 0.1) is 11.7 Å². The van der Waals surface area contributed by atoms with Crippen LogP contribution in [0.1, 0.15) is 23.2 Å². The van der Waals surface area contributed by atoms with Crippen molar-refractivity contribution in [3.05, 3.63) is 54.5 Å². The van der Waals surface area contributed by atoms with Gasteiger partial charge in [0.25, 0.3) is 5.91 Å². The summed E-state index contributed by atoms with van der Waals surface area (Å²) in [6, 6.07) is 3.26. The first-order chi connectivity index (χ1) is 11.2. The van der Waals surface area contributed by atoms with Gasteiger partial charge in [0.05, 0.1) is 29.2 Å². The second-order valence-corrected chi connectivity index (χ2v) is 5.84. The van der Waals surface area contributed by atoms with Crippen LogP contribution in [0.2, 0.25) is 0 Å². The summed E-state index contributed by atoms with van der Waals surface area (Å²) in [4.78, 5) is 20.4. The molecule has 0 saturated heterocycles. The van der Waals surface area contributed by atoms with Crippen molar-refractivity contribution in [2.24, 2.45) is 5.92 Å². The van der Waals surface area contributed by atoms with Crippen molar-refractivity contribution in [3.8, 4) is 0 Å². The van der Waals surface area contributed by atoms with Gasteiger partial charge in [0, 0.05) is 30.5 Å². The molecule has 3 aromatic heterocycles. The number of carbonyl (C=O) groups excluding carboxylic acids is 1. The van der Waals surface area contributed by atoms with Crippen molar-refractivity contribution < 1.29 is 9.18 Å². The predicted octanol–water partition coefficient (Wildman–Crippen LogP) is 3.23. The molecule has 1 fully saturated rings. The molecule has 0 radical (unpaired) electrons. The summed E-state index contributed by atoms with van der Waals surface area (Å²) >= 11 is 0. The smallest absolute Gasteiger partial charge is 0.257 e. The molecule has 1 amide bonds. The number of hydrogen-bond donors (Lipinski definition) is 1. The number of nitrogens with zero attached hydrogens (tertiary/aromatic N) is 3. The van der Waals surface area contributed by atoms with Crippen molar-refractivity contribution in [2.45, 2.75) is 19.4 Å². The van der Waals surface area contributed by atoms with E-state index in [2.05, 4.69) is 19.9 Å². The Bertz CT molecular complexity index is 885. The predicted molar refractivity (Wildman–Crippen MR) is 84.6 cm³/mol. The number of amides is 1. The Morgan fingerprint density at radius 3 is 2.83 bits per heavy atom. The molecule has 23 heavy (non-hydrogen) atoms. The molecule has 116 valence electrons. The molecule has 0 unspecified atom stereocenters. The fourth-order valence-electron chi connectivity index (χ4n) is 2.71. The number of pyridine rings is 2. The second-order valence-electron chi connectivity index (χ2n) is 5.84. The van der Waals surface area contributed by atoms with E-state index in [1.54, 1.807) is 12.4 Å². The zero-order valence-corrected chi connectivity index (χ0v) is 12.4. The van der Waals surface area contributed by atoms with E-state index < -0.39 is 5.82 Å². The van der Waals surface area contributed by atoms with Crippen LogP contribution in [-0.4, -0.2) is 20.4 Å². The van der Waals surface area contributed by atoms with E-state index in [1.165, 1.54) is 25.1 Å². The minimum absolute atomic E-state index is 0.127. The van der Waals surface area contributed by atoms with Crippen molar-refractivity contribution in [2.75, 3.05) is 5.32 Å². The normalized spacial score (nSPS) is 14.1. The first-order valence-corrected chi connectivity index (χ1v) is 7.56. The van der Waals surface area contributed by atoms with E-state index >= 15 is 0 Å². The van der Waals surface area contributed by atoms with Crippen LogP contribution in [-0.2, 0) is 6.54 Å². The number of halogens is 1. The van der Waals surface area contributed by atoms with E-state index in [4.69, 9.17) is 0 Å². The molecule has 0 aliphatic heterocycles. The van der Waals surface area contributed by atoms with E-state index in [-0.39, 0.29) is 11.6 Å². The Labute approximate surface area is 132 Å². The van der Waals surface area contributed by atoms with Gasteiger partial charge in [-0.2, -0.15) is 0 Å². The lowest BCUT2D eigenvalue weighted by Crippen LogP contribution is -2.12. The monoisotopic (exact) mass is 310 g/mol. The molecule has 1 aliphatic carbocycles. The third kappa shape index (κ3) is 2.67. The number of carbonyl (C=O) groups is 1. The van der Waals surface area contributed by atoms with Gasteiger partial charge in [-0.3, -0.25) is 14.8 Å². The highest BCUT2D eigenvalue weighted by molar-refractivity contribution is 6.12. The van der Waals surface area contributed by atoms with Crippen LogP contribution in [0.4, 0.5) is 10.1 Å². The molecule has 3 heterocycles. The maximum absolute atomic E-state index is 13.7. The largest absolute Gasteiger partial charge is 0.345 e. The maximum Gasteiger partial charge on any atom is 0.257 e. The van der Waals surface area contributed by atoms with Crippen LogP contribution in [0.25, 0.3) is 10.9 Å². The van der Waals surface area contributed by atoms with Gasteiger partial charge in [0.15, 0.2) is 5.82 Å². The van der Waals surface area contributed by atoms with Crippen molar-refractivity contribution >= 4 is 22.5 Å². The molecule has 0 atom stereocenters. The molecule has 1 N–H and O–H groups in total. The van der Waals surface area contributed by atoms with E-state index in [9.17, 15) is 9.18 Å². The average Bonchev–Trinajstić information content (AvgIpc) is 3.30. The van der Waals surface area contributed by atoms with E-state index in [1.807, 2.05) is 12.3 Å². The molecule has 3 aromatic rings. The standard InChI is InChI=1S/C17H15FN4O/c18-14-7-19-6-4-15(14)21-17(23)13-10-22(9-11-1-2-11)16-8-20-5-3-12(13)16/h3-8,10-11H,1-2,9H2,(H,19,21,23). The lowest BCUT2D eigenvalue weighted by molar-refractivity contribution is 0.102. The van der Waals surface area contributed by atoms with Gasteiger partial charge in [0.2, 0.25) is 0 Å². The molecule has 6 heteroatoms. The number of anilines is 1. The summed E-state index contributed by atoms with van der Waals surface area (Å²) in [7, 11) is 0. The third-order valence-corrected chi connectivity index (χ3v) is 4.10. The van der Waals surface area contributed by atoms with Crippen LogP contribution in [0.3, 0.4) is 0 Å². The zero-order valence-electron chi connectivity index (χ0n) is 12.4. The first-order valence-electron chi connectivity index (χ1n) is 7.56. The van der Waals surface area contributed by atoms with Crippen molar-refractivity contribution in [3.63, 3.8) is 0 Å². The fraction of sp³-hybridized carbons (Fsp3) is 0.235. The zero-order chi connectivity index (χ0) is 15.8. The van der Waals surface area contributed by atoms with Gasteiger partial charge < -0.3 is 9.88 Å². The fourth-order valence-corrected chi connectivity index (χ4v) is 2.71. The summed E-state index contributed by atoms with van der Waals surface area (Å²) in [5.41, 5.74) is 1.58. The quantitative estimate of drug-likeness (QED) is 0.805. The summed E-state index contributed by atoms with van der Waals surface area (Å²) in [5.74, 6) is -0.204. The molecule has 5 nitrogen and oxygen atoms in total. The minimum Gasteiger partial charge on any atom is -0.345 e. The van der Waals surface area contributed by atoms with Crippen LogP contribution >= 0.6 is 0 Å².